The van der Waals surface area contributed by atoms with Crippen molar-refractivity contribution in [3.63, 3.8) is 0 Å². The average Bonchev–Trinajstić information content (AvgIpc) is 2.68. The number of rotatable bonds is 4. The summed E-state index contributed by atoms with van der Waals surface area (Å²) in [5, 5.41) is 0. The van der Waals surface area contributed by atoms with Crippen LogP contribution in [0.15, 0.2) is 30.3 Å². The highest BCUT2D eigenvalue weighted by molar-refractivity contribution is 5.89. The quantitative estimate of drug-likeness (QED) is 0.370. The third kappa shape index (κ3) is 5.56. The fraction of sp³-hybridized carbons (Fsp3) is 0.562. The van der Waals surface area contributed by atoms with Crippen LogP contribution >= 0.6 is 0 Å². The summed E-state index contributed by atoms with van der Waals surface area (Å²) in [5.74, 6) is -0.267. The van der Waals surface area contributed by atoms with E-state index in [2.05, 4.69) is 21.1 Å². The van der Waals surface area contributed by atoms with E-state index in [0.29, 0.717) is 5.56 Å². The molecule has 2 rings (SSSR count). The zero-order valence-corrected chi connectivity index (χ0v) is 15.2. The van der Waals surface area contributed by atoms with Crippen LogP contribution in [0.4, 0.5) is 0 Å². The van der Waals surface area contributed by atoms with Gasteiger partial charge in [0.15, 0.2) is 0 Å². The van der Waals surface area contributed by atoms with Crippen molar-refractivity contribution in [2.24, 2.45) is 0 Å². The molecule has 0 aliphatic carbocycles. The minimum atomic E-state index is -0.267. The molecule has 0 saturated carbocycles. The fourth-order valence-corrected chi connectivity index (χ4v) is 2.55. The number of quaternary nitrogens is 1. The lowest BCUT2D eigenvalue weighted by molar-refractivity contribution is -0.873. The molecule has 1 fully saturated rings. The number of halogens is 1. The predicted molar refractivity (Wildman–Crippen MR) is 77.5 cm³/mol. The van der Waals surface area contributed by atoms with Crippen molar-refractivity contribution < 1.29 is 42.7 Å². The van der Waals surface area contributed by atoms with Crippen LogP contribution in [0, 0.1) is 0 Å². The normalized spacial score (nSPS) is 25.2. The van der Waals surface area contributed by atoms with Crippen LogP contribution in [0.5, 0.6) is 0 Å². The minimum absolute atomic E-state index is 0. The third-order valence-corrected chi connectivity index (χ3v) is 3.45. The maximum Gasteiger partial charge on any atom is 0.338 e. The van der Waals surface area contributed by atoms with Gasteiger partial charge in [0.25, 0.3) is 0 Å². The van der Waals surface area contributed by atoms with Crippen molar-refractivity contribution in [3.8, 4) is 0 Å². The lowest BCUT2D eigenvalue weighted by Crippen LogP contribution is -3.00. The van der Waals surface area contributed by atoms with Crippen LogP contribution in [0.3, 0.4) is 0 Å². The molecule has 1 aromatic rings. The molecule has 118 valence electrons. The largest absolute Gasteiger partial charge is 1.00 e. The zero-order chi connectivity index (χ0) is 14.8. The molecule has 1 aromatic carbocycles. The van der Waals surface area contributed by atoms with Crippen LogP contribution in [-0.4, -0.2) is 56.5 Å². The second-order valence-electron chi connectivity index (χ2n) is 6.48. The van der Waals surface area contributed by atoms with E-state index >= 15 is 0 Å². The summed E-state index contributed by atoms with van der Waals surface area (Å²) in [6.45, 7) is 2.89. The number of esters is 1. The lowest BCUT2D eigenvalue weighted by atomic mass is 10.1. The molecule has 0 N–H and O–H groups in total. The average molecular weight is 405 g/mol. The Kier molecular flexibility index (Phi) is 6.62. The van der Waals surface area contributed by atoms with E-state index in [1.54, 1.807) is 12.1 Å². The van der Waals surface area contributed by atoms with Crippen LogP contribution in [0.25, 0.3) is 0 Å². The molecule has 1 aliphatic heterocycles. The SMILES string of the molecule is C[C@@H]1O[C@@H](C[N+](C)(C)C)C[C@H]1OC(=O)c1ccccc1.[I-]. The molecule has 1 heterocycles. The number of hydrogen-bond acceptors (Lipinski definition) is 3. The summed E-state index contributed by atoms with van der Waals surface area (Å²) in [5.41, 5.74) is 0.592. The lowest BCUT2D eigenvalue weighted by Gasteiger charge is -2.26. The first-order valence-electron chi connectivity index (χ1n) is 7.07. The van der Waals surface area contributed by atoms with E-state index in [0.717, 1.165) is 17.4 Å². The number of likely N-dealkylation sites (N-methyl/N-ethyl adjacent to an activating group) is 1. The second kappa shape index (κ2) is 7.56. The van der Waals surface area contributed by atoms with E-state index in [4.69, 9.17) is 9.47 Å². The van der Waals surface area contributed by atoms with Gasteiger partial charge in [0, 0.05) is 6.42 Å². The van der Waals surface area contributed by atoms with Crippen LogP contribution in [0.2, 0.25) is 0 Å². The molecule has 0 amide bonds. The fourth-order valence-electron chi connectivity index (χ4n) is 2.55. The van der Waals surface area contributed by atoms with Gasteiger partial charge in [0.2, 0.25) is 0 Å². The molecule has 3 atom stereocenters. The highest BCUT2D eigenvalue weighted by atomic mass is 127. The van der Waals surface area contributed by atoms with Gasteiger partial charge in [-0.25, -0.2) is 4.79 Å². The Morgan fingerprint density at radius 3 is 2.48 bits per heavy atom. The smallest absolute Gasteiger partial charge is 0.338 e. The molecule has 0 spiro atoms. The van der Waals surface area contributed by atoms with Crippen LogP contribution < -0.4 is 24.0 Å². The number of carbonyl (C=O) groups excluding carboxylic acids is 1. The Labute approximate surface area is 144 Å². The van der Waals surface area contributed by atoms with Gasteiger partial charge in [0.05, 0.1) is 32.8 Å². The maximum absolute atomic E-state index is 12.1. The first kappa shape index (κ1) is 18.4. The van der Waals surface area contributed by atoms with E-state index < -0.39 is 0 Å². The van der Waals surface area contributed by atoms with Gasteiger partial charge in [0.1, 0.15) is 18.8 Å². The third-order valence-electron chi connectivity index (χ3n) is 3.45. The monoisotopic (exact) mass is 405 g/mol. The van der Waals surface area contributed by atoms with Gasteiger partial charge >= 0.3 is 5.97 Å². The van der Waals surface area contributed by atoms with Crippen molar-refractivity contribution >= 4 is 5.97 Å². The molecule has 4 nitrogen and oxygen atoms in total. The summed E-state index contributed by atoms with van der Waals surface area (Å²) in [4.78, 5) is 12.1. The van der Waals surface area contributed by atoms with E-state index in [9.17, 15) is 4.79 Å². The van der Waals surface area contributed by atoms with E-state index in [1.165, 1.54) is 0 Å². The molecule has 5 heteroatoms. The molecule has 1 saturated heterocycles. The molecule has 0 radical (unpaired) electrons. The highest BCUT2D eigenvalue weighted by Crippen LogP contribution is 2.25. The maximum atomic E-state index is 12.1. The van der Waals surface area contributed by atoms with E-state index in [-0.39, 0.29) is 48.3 Å². The number of carbonyl (C=O) groups is 1. The van der Waals surface area contributed by atoms with Crippen molar-refractivity contribution in [1.82, 2.24) is 0 Å². The highest BCUT2D eigenvalue weighted by Gasteiger charge is 2.37. The van der Waals surface area contributed by atoms with E-state index in [1.807, 2.05) is 25.1 Å². The van der Waals surface area contributed by atoms with Crippen LogP contribution in [0.1, 0.15) is 23.7 Å². The Morgan fingerprint density at radius 1 is 1.29 bits per heavy atom. The molecule has 21 heavy (non-hydrogen) atoms. The molecular weight excluding hydrogens is 381 g/mol. The molecule has 0 bridgehead atoms. The van der Waals surface area contributed by atoms with Crippen LogP contribution in [-0.2, 0) is 9.47 Å². The van der Waals surface area contributed by atoms with Gasteiger partial charge in [-0.05, 0) is 19.1 Å². The number of ether oxygens (including phenoxy) is 2. The van der Waals surface area contributed by atoms with Gasteiger partial charge in [-0.15, -0.1) is 0 Å². The van der Waals surface area contributed by atoms with Crippen molar-refractivity contribution in [2.75, 3.05) is 27.7 Å². The first-order valence-corrected chi connectivity index (χ1v) is 7.07. The van der Waals surface area contributed by atoms with Crippen molar-refractivity contribution in [2.45, 2.75) is 31.7 Å². The summed E-state index contributed by atoms with van der Waals surface area (Å²) >= 11 is 0. The van der Waals surface area contributed by atoms with Gasteiger partial charge in [-0.1, -0.05) is 18.2 Å². The molecule has 1 aliphatic rings. The zero-order valence-electron chi connectivity index (χ0n) is 13.1. The topological polar surface area (TPSA) is 35.5 Å². The summed E-state index contributed by atoms with van der Waals surface area (Å²) in [6, 6.07) is 9.10. The Hall–Kier alpha value is -0.660. The second-order valence-corrected chi connectivity index (χ2v) is 6.48. The summed E-state index contributed by atoms with van der Waals surface area (Å²) < 4.78 is 12.3. The first-order chi connectivity index (χ1) is 9.35. The molecular formula is C16H24INO3. The number of nitrogens with zero attached hydrogens (tertiary/aromatic N) is 1. The standard InChI is InChI=1S/C16H24NO3.HI/c1-12-15(10-14(19-12)11-17(2,3)4)20-16(18)13-8-6-5-7-9-13;/h5-9,12,14-15H,10-11H2,1-4H3;1H/q+1;/p-1/t12-,14+,15+;/m0./s1. The Balaban J connectivity index is 0.00000220. The number of benzene rings is 1. The van der Waals surface area contributed by atoms with Gasteiger partial charge < -0.3 is 37.9 Å². The van der Waals surface area contributed by atoms with Crippen molar-refractivity contribution in [3.05, 3.63) is 35.9 Å². The van der Waals surface area contributed by atoms with Gasteiger partial charge in [-0.2, -0.15) is 0 Å². The summed E-state index contributed by atoms with van der Waals surface area (Å²) in [6.07, 6.45) is 0.729. The number of hydrogen-bond donors (Lipinski definition) is 0. The Morgan fingerprint density at radius 2 is 1.90 bits per heavy atom. The minimum Gasteiger partial charge on any atom is -1.00 e. The predicted octanol–water partition coefficient (Wildman–Crippen LogP) is -0.900. The van der Waals surface area contributed by atoms with Gasteiger partial charge in [-0.3, -0.25) is 0 Å². The van der Waals surface area contributed by atoms with Crippen molar-refractivity contribution in [1.29, 1.82) is 0 Å². The molecule has 0 aromatic heterocycles. The Bertz CT molecular complexity index is 458. The summed E-state index contributed by atoms with van der Waals surface area (Å²) in [7, 11) is 6.41. The molecule has 0 unspecified atom stereocenters.